The zero-order chi connectivity index (χ0) is 19.4. The van der Waals surface area contributed by atoms with Crippen molar-refractivity contribution in [2.75, 3.05) is 23.4 Å². The lowest BCUT2D eigenvalue weighted by atomic mass is 10.1. The molecule has 0 bridgehead atoms. The van der Waals surface area contributed by atoms with Crippen LogP contribution in [-0.2, 0) is 10.0 Å². The molecule has 3 aromatic rings. The van der Waals surface area contributed by atoms with E-state index >= 15 is 0 Å². The summed E-state index contributed by atoms with van der Waals surface area (Å²) in [6.45, 7) is 1.83. The zero-order valence-electron chi connectivity index (χ0n) is 15.2. The first kappa shape index (κ1) is 18.7. The van der Waals surface area contributed by atoms with Crippen molar-refractivity contribution in [2.24, 2.45) is 0 Å². The van der Waals surface area contributed by atoms with Crippen molar-refractivity contribution in [3.63, 3.8) is 0 Å². The van der Waals surface area contributed by atoms with Crippen molar-refractivity contribution >= 4 is 27.3 Å². The molecule has 0 atom stereocenters. The van der Waals surface area contributed by atoms with Crippen molar-refractivity contribution in [1.29, 1.82) is 0 Å². The molecule has 0 saturated carbocycles. The first-order valence-electron chi connectivity index (χ1n) is 8.17. The molecule has 3 rings (SSSR count). The van der Waals surface area contributed by atoms with Crippen LogP contribution < -0.4 is 14.8 Å². The number of methoxy groups -OCH3 is 1. The summed E-state index contributed by atoms with van der Waals surface area (Å²) < 4.78 is 30.7. The number of aromatic nitrogens is 2. The maximum Gasteiger partial charge on any atom is 0.229 e. The molecule has 2 N–H and O–H groups in total. The molecule has 0 fully saturated rings. The molecule has 0 saturated heterocycles. The van der Waals surface area contributed by atoms with E-state index in [0.717, 1.165) is 28.8 Å². The number of benzene rings is 2. The van der Waals surface area contributed by atoms with E-state index in [1.807, 2.05) is 49.4 Å². The van der Waals surface area contributed by atoms with E-state index in [0.29, 0.717) is 17.3 Å². The lowest BCUT2D eigenvalue weighted by Gasteiger charge is -2.11. The molecular weight excluding hydrogens is 364 g/mol. The van der Waals surface area contributed by atoms with Gasteiger partial charge in [0, 0.05) is 17.4 Å². The standard InChI is InChI=1S/C19H20N4O3S/c1-13-4-7-15(12-18(13)23-27(3,24)25)21-19-20-11-10-17(22-19)14-5-8-16(26-2)9-6-14/h4-12,23H,1-3H3,(H,20,21,22). The molecule has 0 unspecified atom stereocenters. The van der Waals surface area contributed by atoms with Gasteiger partial charge in [0.25, 0.3) is 0 Å². The Kier molecular flexibility index (Phi) is 5.27. The summed E-state index contributed by atoms with van der Waals surface area (Å²) in [6, 6.07) is 14.8. The molecule has 1 heterocycles. The van der Waals surface area contributed by atoms with E-state index in [9.17, 15) is 8.42 Å². The predicted molar refractivity (Wildman–Crippen MR) is 107 cm³/mol. The van der Waals surface area contributed by atoms with Crippen LogP contribution >= 0.6 is 0 Å². The fourth-order valence-corrected chi connectivity index (χ4v) is 3.10. The zero-order valence-corrected chi connectivity index (χ0v) is 16.0. The minimum Gasteiger partial charge on any atom is -0.497 e. The minimum absolute atomic E-state index is 0.414. The highest BCUT2D eigenvalue weighted by molar-refractivity contribution is 7.92. The number of hydrogen-bond donors (Lipinski definition) is 2. The fraction of sp³-hybridized carbons (Fsp3) is 0.158. The first-order chi connectivity index (χ1) is 12.8. The lowest BCUT2D eigenvalue weighted by Crippen LogP contribution is -2.10. The number of nitrogens with one attached hydrogen (secondary N) is 2. The van der Waals surface area contributed by atoms with Crippen LogP contribution in [0.25, 0.3) is 11.3 Å². The van der Waals surface area contributed by atoms with Gasteiger partial charge in [-0.25, -0.2) is 18.4 Å². The van der Waals surface area contributed by atoms with E-state index in [1.54, 1.807) is 19.4 Å². The summed E-state index contributed by atoms with van der Waals surface area (Å²) in [5.41, 5.74) is 3.70. The second-order valence-corrected chi connectivity index (χ2v) is 7.77. The topological polar surface area (TPSA) is 93.2 Å². The lowest BCUT2D eigenvalue weighted by molar-refractivity contribution is 0.415. The first-order valence-corrected chi connectivity index (χ1v) is 10.1. The Labute approximate surface area is 158 Å². The molecule has 1 aromatic heterocycles. The molecule has 2 aromatic carbocycles. The number of nitrogens with zero attached hydrogens (tertiary/aromatic N) is 2. The quantitative estimate of drug-likeness (QED) is 0.675. The summed E-state index contributed by atoms with van der Waals surface area (Å²) in [5, 5.41) is 3.11. The average molecular weight is 384 g/mol. The Hall–Kier alpha value is -3.13. The second kappa shape index (κ2) is 7.63. The summed E-state index contributed by atoms with van der Waals surface area (Å²) in [5.74, 6) is 1.19. The van der Waals surface area contributed by atoms with Crippen LogP contribution in [0, 0.1) is 6.92 Å². The maximum atomic E-state index is 11.5. The molecule has 0 aliphatic heterocycles. The number of ether oxygens (including phenoxy) is 1. The fourth-order valence-electron chi connectivity index (χ4n) is 2.48. The smallest absolute Gasteiger partial charge is 0.229 e. The summed E-state index contributed by atoms with van der Waals surface area (Å²) in [6.07, 6.45) is 2.78. The van der Waals surface area contributed by atoms with Crippen molar-refractivity contribution in [3.8, 4) is 17.0 Å². The van der Waals surface area contributed by atoms with Crippen molar-refractivity contribution in [3.05, 3.63) is 60.3 Å². The van der Waals surface area contributed by atoms with E-state index in [4.69, 9.17) is 4.74 Å². The molecule has 0 aliphatic rings. The molecule has 140 valence electrons. The highest BCUT2D eigenvalue weighted by Crippen LogP contribution is 2.25. The maximum absolute atomic E-state index is 11.5. The van der Waals surface area contributed by atoms with Gasteiger partial charge in [0.1, 0.15) is 5.75 Å². The summed E-state index contributed by atoms with van der Waals surface area (Å²) >= 11 is 0. The summed E-state index contributed by atoms with van der Waals surface area (Å²) in [7, 11) is -1.74. The van der Waals surface area contributed by atoms with Gasteiger partial charge < -0.3 is 10.1 Å². The van der Waals surface area contributed by atoms with Crippen LogP contribution in [-0.4, -0.2) is 31.8 Å². The van der Waals surface area contributed by atoms with E-state index in [1.165, 1.54) is 0 Å². The van der Waals surface area contributed by atoms with Gasteiger partial charge in [-0.05, 0) is 55.0 Å². The van der Waals surface area contributed by atoms with Crippen LogP contribution in [0.15, 0.2) is 54.7 Å². The molecule has 0 aliphatic carbocycles. The highest BCUT2D eigenvalue weighted by atomic mass is 32.2. The third kappa shape index (κ3) is 4.95. The van der Waals surface area contributed by atoms with Gasteiger partial charge in [0.05, 0.1) is 24.7 Å². The van der Waals surface area contributed by atoms with Gasteiger partial charge in [-0.3, -0.25) is 4.72 Å². The normalized spacial score (nSPS) is 11.1. The number of aryl methyl sites for hydroxylation is 1. The van der Waals surface area contributed by atoms with E-state index in [2.05, 4.69) is 20.0 Å². The number of hydrogen-bond acceptors (Lipinski definition) is 6. The van der Waals surface area contributed by atoms with Crippen LogP contribution in [0.4, 0.5) is 17.3 Å². The number of sulfonamides is 1. The Morgan fingerprint density at radius 2 is 1.78 bits per heavy atom. The second-order valence-electron chi connectivity index (χ2n) is 6.02. The molecular formula is C19H20N4O3S. The van der Waals surface area contributed by atoms with Gasteiger partial charge in [-0.2, -0.15) is 0 Å². The third-order valence-corrected chi connectivity index (χ3v) is 4.42. The summed E-state index contributed by atoms with van der Waals surface area (Å²) in [4.78, 5) is 8.75. The molecule has 8 heteroatoms. The van der Waals surface area contributed by atoms with Gasteiger partial charge in [0.15, 0.2) is 0 Å². The monoisotopic (exact) mass is 384 g/mol. The predicted octanol–water partition coefficient (Wildman–Crippen LogP) is 3.58. The Balaban J connectivity index is 1.85. The van der Waals surface area contributed by atoms with Gasteiger partial charge in [-0.15, -0.1) is 0 Å². The Morgan fingerprint density at radius 3 is 2.44 bits per heavy atom. The van der Waals surface area contributed by atoms with Crippen LogP contribution in [0.2, 0.25) is 0 Å². The molecule has 27 heavy (non-hydrogen) atoms. The van der Waals surface area contributed by atoms with Crippen LogP contribution in [0.1, 0.15) is 5.56 Å². The highest BCUT2D eigenvalue weighted by Gasteiger charge is 2.08. The van der Waals surface area contributed by atoms with Gasteiger partial charge in [-0.1, -0.05) is 6.07 Å². The van der Waals surface area contributed by atoms with Crippen molar-refractivity contribution in [2.45, 2.75) is 6.92 Å². The Bertz CT molecular complexity index is 1050. The van der Waals surface area contributed by atoms with Crippen molar-refractivity contribution < 1.29 is 13.2 Å². The van der Waals surface area contributed by atoms with Crippen LogP contribution in [0.5, 0.6) is 5.75 Å². The minimum atomic E-state index is -3.36. The molecule has 0 spiro atoms. The average Bonchev–Trinajstić information content (AvgIpc) is 2.64. The number of rotatable bonds is 6. The van der Waals surface area contributed by atoms with E-state index < -0.39 is 10.0 Å². The number of anilines is 3. The molecule has 0 amide bonds. The van der Waals surface area contributed by atoms with Gasteiger partial charge in [0.2, 0.25) is 16.0 Å². The molecule has 0 radical (unpaired) electrons. The van der Waals surface area contributed by atoms with E-state index in [-0.39, 0.29) is 0 Å². The van der Waals surface area contributed by atoms with Crippen molar-refractivity contribution in [1.82, 2.24) is 9.97 Å². The largest absolute Gasteiger partial charge is 0.497 e. The SMILES string of the molecule is COc1ccc(-c2ccnc(Nc3ccc(C)c(NS(C)(=O)=O)c3)n2)cc1. The van der Waals surface area contributed by atoms with Crippen LogP contribution in [0.3, 0.4) is 0 Å². The third-order valence-electron chi connectivity index (χ3n) is 3.83. The molecule has 7 nitrogen and oxygen atoms in total. The Morgan fingerprint density at radius 1 is 1.04 bits per heavy atom. The van der Waals surface area contributed by atoms with Gasteiger partial charge >= 0.3 is 0 Å².